The van der Waals surface area contributed by atoms with Gasteiger partial charge in [-0.25, -0.2) is 0 Å². The van der Waals surface area contributed by atoms with Crippen LogP contribution in [-0.4, -0.2) is 5.78 Å². The van der Waals surface area contributed by atoms with Crippen LogP contribution < -0.4 is 5.73 Å². The first-order chi connectivity index (χ1) is 8.66. The molecule has 0 aliphatic rings. The van der Waals surface area contributed by atoms with Crippen molar-refractivity contribution in [3.05, 3.63) is 70.2 Å². The predicted octanol–water partition coefficient (Wildman–Crippen LogP) is 3.93. The maximum Gasteiger partial charge on any atom is 0.185 e. The van der Waals surface area contributed by atoms with Crippen molar-refractivity contribution in [1.82, 2.24) is 0 Å². The normalized spacial score (nSPS) is 10.7. The fourth-order valence-corrected chi connectivity index (χ4v) is 1.97. The molecule has 0 atom stereocenters. The molecule has 0 amide bonds. The quantitative estimate of drug-likeness (QED) is 0.530. The Morgan fingerprint density at radius 3 is 2.61 bits per heavy atom. The highest BCUT2D eigenvalue weighted by Crippen LogP contribution is 2.15. The van der Waals surface area contributed by atoms with Gasteiger partial charge in [-0.1, -0.05) is 46.3 Å². The summed E-state index contributed by atoms with van der Waals surface area (Å²) >= 11 is 3.34. The number of anilines is 1. The third kappa shape index (κ3) is 3.08. The zero-order valence-corrected chi connectivity index (χ0v) is 11.2. The maximum atomic E-state index is 11.9. The first kappa shape index (κ1) is 12.6. The minimum atomic E-state index is -0.0421. The number of nitrogens with two attached hydrogens (primary N) is 1. The van der Waals surface area contributed by atoms with Gasteiger partial charge in [0.2, 0.25) is 0 Å². The summed E-state index contributed by atoms with van der Waals surface area (Å²) in [5, 5.41) is 0. The molecule has 3 heteroatoms. The fraction of sp³-hybridized carbons (Fsp3) is 0. The topological polar surface area (TPSA) is 43.1 Å². The number of allylic oxidation sites excluding steroid dienone is 1. The molecule has 0 aromatic heterocycles. The molecule has 0 spiro atoms. The van der Waals surface area contributed by atoms with Crippen molar-refractivity contribution in [3.8, 4) is 0 Å². The molecule has 2 N–H and O–H groups in total. The van der Waals surface area contributed by atoms with Gasteiger partial charge in [-0.05, 0) is 35.9 Å². The Kier molecular flexibility index (Phi) is 3.95. The lowest BCUT2D eigenvalue weighted by molar-refractivity contribution is 0.104. The first-order valence-electron chi connectivity index (χ1n) is 5.49. The standard InChI is InChI=1S/C15H12BrNO/c16-13-6-3-5-12(10-13)15(18)9-8-11-4-1-2-7-14(11)17/h1-10H,17H2. The van der Waals surface area contributed by atoms with Gasteiger partial charge in [0.15, 0.2) is 5.78 Å². The van der Waals surface area contributed by atoms with E-state index >= 15 is 0 Å². The summed E-state index contributed by atoms with van der Waals surface area (Å²) in [5.74, 6) is -0.0421. The van der Waals surface area contributed by atoms with Gasteiger partial charge in [0.1, 0.15) is 0 Å². The van der Waals surface area contributed by atoms with Crippen LogP contribution in [0.2, 0.25) is 0 Å². The van der Waals surface area contributed by atoms with E-state index in [-0.39, 0.29) is 5.78 Å². The minimum absolute atomic E-state index is 0.0421. The Morgan fingerprint density at radius 2 is 1.89 bits per heavy atom. The number of ketones is 1. The summed E-state index contributed by atoms with van der Waals surface area (Å²) in [6, 6.07) is 14.7. The van der Waals surface area contributed by atoms with Gasteiger partial charge < -0.3 is 5.73 Å². The van der Waals surface area contributed by atoms with E-state index in [9.17, 15) is 4.79 Å². The summed E-state index contributed by atoms with van der Waals surface area (Å²) in [6.07, 6.45) is 3.27. The van der Waals surface area contributed by atoms with Crippen molar-refractivity contribution < 1.29 is 4.79 Å². The molecule has 0 unspecified atom stereocenters. The molecule has 0 bridgehead atoms. The molecule has 2 aromatic carbocycles. The highest BCUT2D eigenvalue weighted by atomic mass is 79.9. The van der Waals surface area contributed by atoms with Crippen LogP contribution in [0.15, 0.2) is 59.1 Å². The number of rotatable bonds is 3. The van der Waals surface area contributed by atoms with E-state index in [4.69, 9.17) is 5.73 Å². The van der Waals surface area contributed by atoms with Crippen LogP contribution in [0.5, 0.6) is 0 Å². The zero-order chi connectivity index (χ0) is 13.0. The van der Waals surface area contributed by atoms with Gasteiger partial charge in [-0.3, -0.25) is 4.79 Å². The van der Waals surface area contributed by atoms with Crippen LogP contribution in [0.3, 0.4) is 0 Å². The van der Waals surface area contributed by atoms with Crippen molar-refractivity contribution >= 4 is 33.5 Å². The van der Waals surface area contributed by atoms with Gasteiger partial charge in [0, 0.05) is 15.7 Å². The number of carbonyl (C=O) groups is 1. The van der Waals surface area contributed by atoms with E-state index in [2.05, 4.69) is 15.9 Å². The van der Waals surface area contributed by atoms with E-state index in [0.717, 1.165) is 10.0 Å². The van der Waals surface area contributed by atoms with Crippen molar-refractivity contribution in [2.24, 2.45) is 0 Å². The second-order valence-corrected chi connectivity index (χ2v) is 4.75. The zero-order valence-electron chi connectivity index (χ0n) is 9.64. The molecular formula is C15H12BrNO. The molecule has 0 fully saturated rings. The van der Waals surface area contributed by atoms with Crippen LogP contribution in [0, 0.1) is 0 Å². The number of nitrogen functional groups attached to an aromatic ring is 1. The van der Waals surface area contributed by atoms with E-state index in [1.54, 1.807) is 18.2 Å². The molecular weight excluding hydrogens is 290 g/mol. The number of hydrogen-bond acceptors (Lipinski definition) is 2. The van der Waals surface area contributed by atoms with Crippen LogP contribution in [0.4, 0.5) is 5.69 Å². The lowest BCUT2D eigenvalue weighted by atomic mass is 10.1. The van der Waals surface area contributed by atoms with Gasteiger partial charge in [0.25, 0.3) is 0 Å². The summed E-state index contributed by atoms with van der Waals surface area (Å²) in [5.41, 5.74) is 7.96. The summed E-state index contributed by atoms with van der Waals surface area (Å²) in [6.45, 7) is 0. The van der Waals surface area contributed by atoms with Gasteiger partial charge >= 0.3 is 0 Å². The first-order valence-corrected chi connectivity index (χ1v) is 6.28. The van der Waals surface area contributed by atoms with Gasteiger partial charge in [-0.2, -0.15) is 0 Å². The van der Waals surface area contributed by atoms with E-state index < -0.39 is 0 Å². The lowest BCUT2D eigenvalue weighted by Crippen LogP contribution is -1.94. The average molecular weight is 302 g/mol. The molecule has 2 aromatic rings. The molecule has 0 aliphatic carbocycles. The molecule has 90 valence electrons. The van der Waals surface area contributed by atoms with Crippen LogP contribution >= 0.6 is 15.9 Å². The number of para-hydroxylation sites is 1. The molecule has 0 saturated carbocycles. The highest BCUT2D eigenvalue weighted by Gasteiger charge is 2.02. The lowest BCUT2D eigenvalue weighted by Gasteiger charge is -1.99. The highest BCUT2D eigenvalue weighted by molar-refractivity contribution is 9.10. The Labute approximate surface area is 114 Å². The molecule has 2 rings (SSSR count). The number of halogens is 1. The fourth-order valence-electron chi connectivity index (χ4n) is 1.57. The van der Waals surface area contributed by atoms with Crippen LogP contribution in [0.25, 0.3) is 6.08 Å². The monoisotopic (exact) mass is 301 g/mol. The molecule has 0 heterocycles. The minimum Gasteiger partial charge on any atom is -0.398 e. The Balaban J connectivity index is 2.20. The van der Waals surface area contributed by atoms with Crippen molar-refractivity contribution in [2.45, 2.75) is 0 Å². The van der Waals surface area contributed by atoms with Crippen LogP contribution in [0.1, 0.15) is 15.9 Å². The van der Waals surface area contributed by atoms with Gasteiger partial charge in [0.05, 0.1) is 0 Å². The smallest absolute Gasteiger partial charge is 0.185 e. The Hall–Kier alpha value is -1.87. The number of carbonyl (C=O) groups excluding carboxylic acids is 1. The number of hydrogen-bond donors (Lipinski definition) is 1. The molecule has 0 saturated heterocycles. The van der Waals surface area contributed by atoms with Crippen LogP contribution in [-0.2, 0) is 0 Å². The van der Waals surface area contributed by atoms with Crippen molar-refractivity contribution in [2.75, 3.05) is 5.73 Å². The van der Waals surface area contributed by atoms with Crippen molar-refractivity contribution in [1.29, 1.82) is 0 Å². The maximum absolute atomic E-state index is 11.9. The molecule has 2 nitrogen and oxygen atoms in total. The SMILES string of the molecule is Nc1ccccc1C=CC(=O)c1cccc(Br)c1. The Morgan fingerprint density at radius 1 is 1.11 bits per heavy atom. The summed E-state index contributed by atoms with van der Waals surface area (Å²) in [7, 11) is 0. The predicted molar refractivity (Wildman–Crippen MR) is 78.4 cm³/mol. The average Bonchev–Trinajstić information content (AvgIpc) is 2.37. The third-order valence-corrected chi connectivity index (χ3v) is 3.01. The Bertz CT molecular complexity index is 605. The number of benzene rings is 2. The van der Waals surface area contributed by atoms with E-state index in [1.807, 2.05) is 36.4 Å². The van der Waals surface area contributed by atoms with Gasteiger partial charge in [-0.15, -0.1) is 0 Å². The summed E-state index contributed by atoms with van der Waals surface area (Å²) in [4.78, 5) is 11.9. The van der Waals surface area contributed by atoms with Crippen molar-refractivity contribution in [3.63, 3.8) is 0 Å². The molecule has 0 radical (unpaired) electrons. The molecule has 0 aliphatic heterocycles. The van der Waals surface area contributed by atoms with E-state index in [0.29, 0.717) is 11.3 Å². The molecule has 18 heavy (non-hydrogen) atoms. The second-order valence-electron chi connectivity index (χ2n) is 3.84. The summed E-state index contributed by atoms with van der Waals surface area (Å²) < 4.78 is 0.890. The van der Waals surface area contributed by atoms with E-state index in [1.165, 1.54) is 6.08 Å². The third-order valence-electron chi connectivity index (χ3n) is 2.52. The largest absolute Gasteiger partial charge is 0.398 e. The second kappa shape index (κ2) is 5.65.